The Morgan fingerprint density at radius 3 is 2.56 bits per heavy atom. The second kappa shape index (κ2) is 8.26. The molecule has 184 valence electrons. The van der Waals surface area contributed by atoms with E-state index in [-0.39, 0.29) is 57.3 Å². The van der Waals surface area contributed by atoms with Gasteiger partial charge in [0.15, 0.2) is 5.84 Å². The summed E-state index contributed by atoms with van der Waals surface area (Å²) in [5, 5.41) is 14.0. The minimum Gasteiger partial charge on any atom is -0.511 e. The summed E-state index contributed by atoms with van der Waals surface area (Å²) in [5.74, 6) is -0.901. The highest BCUT2D eigenvalue weighted by Crippen LogP contribution is 2.43. The number of nitrogens with zero attached hydrogens (tertiary/aromatic N) is 2. The van der Waals surface area contributed by atoms with Crippen LogP contribution in [0, 0.1) is 5.92 Å². The van der Waals surface area contributed by atoms with Crippen LogP contribution in [-0.2, 0) is 24.8 Å². The first-order valence-corrected chi connectivity index (χ1v) is 14.9. The maximum atomic E-state index is 13.7. The molecule has 0 aromatic heterocycles. The van der Waals surface area contributed by atoms with E-state index in [2.05, 4.69) is 14.4 Å². The molecule has 1 aromatic carbocycles. The van der Waals surface area contributed by atoms with Crippen molar-refractivity contribution in [2.24, 2.45) is 10.3 Å². The predicted octanol–water partition coefficient (Wildman–Crippen LogP) is 2.73. The fourth-order valence-electron chi connectivity index (χ4n) is 5.73. The van der Waals surface area contributed by atoms with Crippen LogP contribution in [-0.4, -0.2) is 56.9 Å². The van der Waals surface area contributed by atoms with Gasteiger partial charge in [-0.2, -0.15) is 8.42 Å². The zero-order valence-electron chi connectivity index (χ0n) is 18.8. The number of fused-ring (bicyclic) bond motifs is 2. The van der Waals surface area contributed by atoms with Crippen LogP contribution in [0.5, 0.6) is 0 Å². The van der Waals surface area contributed by atoms with Crippen LogP contribution in [0.25, 0.3) is 0 Å². The van der Waals surface area contributed by atoms with Crippen molar-refractivity contribution in [1.82, 2.24) is 4.90 Å². The molecule has 0 bridgehead atoms. The number of anilines is 2. The molecule has 2 atom stereocenters. The third kappa shape index (κ3) is 4.06. The molecule has 2 fully saturated rings. The molecule has 0 spiro atoms. The molecule has 2 aliphatic carbocycles. The van der Waals surface area contributed by atoms with E-state index in [1.165, 1.54) is 18.2 Å². The second-order valence-corrected chi connectivity index (χ2v) is 12.8. The highest BCUT2D eigenvalue weighted by atomic mass is 32.2. The van der Waals surface area contributed by atoms with Gasteiger partial charge in [0.05, 0.1) is 11.9 Å². The Morgan fingerprint density at radius 2 is 1.85 bits per heavy atom. The molecular weight excluding hydrogens is 480 g/mol. The maximum absolute atomic E-state index is 13.7. The normalized spacial score (nSPS) is 27.0. The molecule has 5 rings (SSSR count). The number of aliphatic hydroxyl groups is 1. The van der Waals surface area contributed by atoms with E-state index in [9.17, 15) is 26.7 Å². The SMILES string of the molecule is CS(=O)(=O)Nc1ccc2c(c1)S(=O)(=O)N=C(C1=C(O)C3CCCC3N(C3CCCCC3)C1=O)N2. The van der Waals surface area contributed by atoms with E-state index in [1.807, 2.05) is 4.90 Å². The number of amides is 1. The first kappa shape index (κ1) is 23.2. The van der Waals surface area contributed by atoms with Crippen LogP contribution in [0.15, 0.2) is 38.8 Å². The Labute approximate surface area is 199 Å². The topological polar surface area (TPSA) is 145 Å². The van der Waals surface area contributed by atoms with E-state index >= 15 is 0 Å². The smallest absolute Gasteiger partial charge is 0.286 e. The first-order valence-electron chi connectivity index (χ1n) is 11.6. The molecule has 0 radical (unpaired) electrons. The second-order valence-electron chi connectivity index (χ2n) is 9.49. The average molecular weight is 509 g/mol. The van der Waals surface area contributed by atoms with Gasteiger partial charge in [-0.3, -0.25) is 9.52 Å². The first-order chi connectivity index (χ1) is 16.0. The van der Waals surface area contributed by atoms with E-state index in [0.29, 0.717) is 0 Å². The highest BCUT2D eigenvalue weighted by molar-refractivity contribution is 7.92. The largest absolute Gasteiger partial charge is 0.511 e. The van der Waals surface area contributed by atoms with Crippen LogP contribution < -0.4 is 10.0 Å². The fraction of sp³-hybridized carbons (Fsp3) is 0.545. The van der Waals surface area contributed by atoms with Gasteiger partial charge in [-0.05, 0) is 43.9 Å². The molecule has 1 amide bonds. The van der Waals surface area contributed by atoms with Crippen molar-refractivity contribution in [2.45, 2.75) is 68.3 Å². The van der Waals surface area contributed by atoms with Crippen molar-refractivity contribution in [3.05, 3.63) is 29.5 Å². The van der Waals surface area contributed by atoms with Crippen LogP contribution >= 0.6 is 0 Å². The van der Waals surface area contributed by atoms with Crippen LogP contribution in [0.3, 0.4) is 0 Å². The monoisotopic (exact) mass is 508 g/mol. The summed E-state index contributed by atoms with van der Waals surface area (Å²) in [4.78, 5) is 15.4. The summed E-state index contributed by atoms with van der Waals surface area (Å²) in [7, 11) is -7.86. The number of carbonyl (C=O) groups excluding carboxylic acids is 1. The lowest BCUT2D eigenvalue weighted by molar-refractivity contribution is -0.135. The summed E-state index contributed by atoms with van der Waals surface area (Å²) in [6.45, 7) is 0. The molecule has 0 saturated heterocycles. The Hall–Kier alpha value is -2.60. The molecule has 10 nitrogen and oxygen atoms in total. The number of amidine groups is 1. The van der Waals surface area contributed by atoms with Crippen molar-refractivity contribution in [2.75, 3.05) is 16.3 Å². The number of aliphatic hydroxyl groups excluding tert-OH is 1. The standard InChI is InChI=1S/C22H28N4O6S2/c1-33(29,30)24-13-10-11-16-18(12-13)34(31,32)25-21(23-16)19-20(27)15-8-5-9-17(15)26(22(19)28)14-6-3-2-4-7-14/h10-12,14-15,17,24,27H,2-9H2,1H3,(H,23,25). The van der Waals surface area contributed by atoms with E-state index in [1.54, 1.807) is 0 Å². The van der Waals surface area contributed by atoms with Crippen molar-refractivity contribution >= 4 is 43.2 Å². The van der Waals surface area contributed by atoms with E-state index in [4.69, 9.17) is 0 Å². The molecular formula is C22H28N4O6S2. The summed E-state index contributed by atoms with van der Waals surface area (Å²) in [6, 6.07) is 4.02. The Kier molecular flexibility index (Phi) is 5.63. The average Bonchev–Trinajstić information content (AvgIpc) is 3.23. The molecule has 12 heteroatoms. The molecule has 34 heavy (non-hydrogen) atoms. The van der Waals surface area contributed by atoms with E-state index in [0.717, 1.165) is 57.6 Å². The van der Waals surface area contributed by atoms with Gasteiger partial charge in [0.2, 0.25) is 10.0 Å². The summed E-state index contributed by atoms with van der Waals surface area (Å²) < 4.78 is 55.2. The van der Waals surface area contributed by atoms with Crippen LogP contribution in [0.2, 0.25) is 0 Å². The number of hydrogen-bond donors (Lipinski definition) is 3. The van der Waals surface area contributed by atoms with Gasteiger partial charge in [-0.15, -0.1) is 4.40 Å². The highest BCUT2D eigenvalue weighted by Gasteiger charge is 2.48. The molecule has 3 N–H and O–H groups in total. The number of carbonyl (C=O) groups is 1. The molecule has 1 aromatic rings. The fourth-order valence-corrected chi connectivity index (χ4v) is 7.43. The van der Waals surface area contributed by atoms with Crippen molar-refractivity contribution in [1.29, 1.82) is 0 Å². The van der Waals surface area contributed by atoms with Gasteiger partial charge in [0, 0.05) is 23.7 Å². The molecule has 2 saturated carbocycles. The zero-order chi connectivity index (χ0) is 24.3. The Balaban J connectivity index is 1.54. The number of rotatable bonds is 4. The lowest BCUT2D eigenvalue weighted by Gasteiger charge is -2.44. The van der Waals surface area contributed by atoms with Gasteiger partial charge in [0.25, 0.3) is 15.9 Å². The number of nitrogens with one attached hydrogen (secondary N) is 2. The van der Waals surface area contributed by atoms with Crippen molar-refractivity contribution in [3.8, 4) is 0 Å². The molecule has 2 unspecified atom stereocenters. The van der Waals surface area contributed by atoms with Gasteiger partial charge < -0.3 is 15.3 Å². The number of sulfonamides is 2. The number of hydrogen-bond acceptors (Lipinski definition) is 7. The summed E-state index contributed by atoms with van der Waals surface area (Å²) in [6.07, 6.45) is 8.44. The molecule has 2 aliphatic heterocycles. The summed E-state index contributed by atoms with van der Waals surface area (Å²) >= 11 is 0. The van der Waals surface area contributed by atoms with Gasteiger partial charge in [-0.1, -0.05) is 25.7 Å². The molecule has 2 heterocycles. The van der Waals surface area contributed by atoms with Crippen molar-refractivity contribution in [3.63, 3.8) is 0 Å². The Morgan fingerprint density at radius 1 is 1.12 bits per heavy atom. The lowest BCUT2D eigenvalue weighted by Crippen LogP contribution is -2.55. The van der Waals surface area contributed by atoms with E-state index < -0.39 is 20.0 Å². The summed E-state index contributed by atoms with van der Waals surface area (Å²) in [5.41, 5.74) is 0.162. The van der Waals surface area contributed by atoms with Gasteiger partial charge in [0.1, 0.15) is 16.2 Å². The maximum Gasteiger partial charge on any atom is 0.286 e. The predicted molar refractivity (Wildman–Crippen MR) is 128 cm³/mol. The third-order valence-electron chi connectivity index (χ3n) is 7.12. The number of benzene rings is 1. The van der Waals surface area contributed by atoms with Crippen molar-refractivity contribution < 1.29 is 26.7 Å². The third-order valence-corrected chi connectivity index (χ3v) is 9.05. The Bertz CT molecular complexity index is 1310. The molecule has 4 aliphatic rings. The van der Waals surface area contributed by atoms with Gasteiger partial charge >= 0.3 is 0 Å². The quantitative estimate of drug-likeness (QED) is 0.567. The van der Waals surface area contributed by atoms with Crippen LogP contribution in [0.4, 0.5) is 11.4 Å². The minimum atomic E-state index is -4.26. The zero-order valence-corrected chi connectivity index (χ0v) is 20.5. The lowest BCUT2D eigenvalue weighted by atomic mass is 9.85. The minimum absolute atomic E-state index is 0.0722. The van der Waals surface area contributed by atoms with Crippen LogP contribution in [0.1, 0.15) is 51.4 Å². The van der Waals surface area contributed by atoms with Gasteiger partial charge in [-0.25, -0.2) is 8.42 Å².